The monoisotopic (exact) mass is 457 g/mol. The van der Waals surface area contributed by atoms with Crippen LogP contribution in [0.2, 0.25) is 5.02 Å². The largest absolute Gasteiger partial charge is 0.444 e. The zero-order valence-corrected chi connectivity index (χ0v) is 19.6. The first kappa shape index (κ1) is 21.2. The molecular formula is C24H28ClN3O4. The highest BCUT2D eigenvalue weighted by Crippen LogP contribution is 2.51. The summed E-state index contributed by atoms with van der Waals surface area (Å²) in [5, 5.41) is 0.562. The molecule has 0 radical (unpaired) electrons. The van der Waals surface area contributed by atoms with Crippen LogP contribution in [0.1, 0.15) is 46.2 Å². The molecule has 1 aliphatic carbocycles. The van der Waals surface area contributed by atoms with E-state index in [1.54, 1.807) is 12.3 Å². The van der Waals surface area contributed by atoms with E-state index in [-0.39, 0.29) is 18.2 Å². The summed E-state index contributed by atoms with van der Waals surface area (Å²) in [6.07, 6.45) is 3.35. The summed E-state index contributed by atoms with van der Waals surface area (Å²) in [7, 11) is 0. The highest BCUT2D eigenvalue weighted by atomic mass is 35.5. The number of hydrogen-bond acceptors (Lipinski definition) is 6. The van der Waals surface area contributed by atoms with Crippen LogP contribution in [0, 0.1) is 0 Å². The number of rotatable bonds is 2. The van der Waals surface area contributed by atoms with Crippen LogP contribution >= 0.6 is 11.6 Å². The average Bonchev–Trinajstić information content (AvgIpc) is 3.05. The lowest BCUT2D eigenvalue weighted by Crippen LogP contribution is -2.66. The third-order valence-corrected chi connectivity index (χ3v) is 6.50. The van der Waals surface area contributed by atoms with Gasteiger partial charge in [0, 0.05) is 32.3 Å². The van der Waals surface area contributed by atoms with E-state index in [9.17, 15) is 4.79 Å². The van der Waals surface area contributed by atoms with Crippen molar-refractivity contribution in [2.45, 2.75) is 64.0 Å². The smallest absolute Gasteiger partial charge is 0.410 e. The molecule has 0 N–H and O–H groups in total. The van der Waals surface area contributed by atoms with E-state index >= 15 is 0 Å². The number of piperazine rings is 1. The molecule has 32 heavy (non-hydrogen) atoms. The summed E-state index contributed by atoms with van der Waals surface area (Å²) in [6, 6.07) is 9.91. The van der Waals surface area contributed by atoms with Gasteiger partial charge in [-0.3, -0.25) is 4.98 Å². The normalized spacial score (nSPS) is 26.4. The maximum atomic E-state index is 12.7. The summed E-state index contributed by atoms with van der Waals surface area (Å²) in [5.74, 6) is 0.371. The number of ether oxygens (including phenoxy) is 3. The van der Waals surface area contributed by atoms with Crippen LogP contribution in [0.5, 0.6) is 11.5 Å². The summed E-state index contributed by atoms with van der Waals surface area (Å²) >= 11 is 6.00. The van der Waals surface area contributed by atoms with E-state index in [2.05, 4.69) is 16.0 Å². The topological polar surface area (TPSA) is 64.1 Å². The van der Waals surface area contributed by atoms with Gasteiger partial charge in [-0.05, 0) is 57.9 Å². The number of aromatic nitrogens is 1. The molecule has 7 nitrogen and oxygen atoms in total. The summed E-state index contributed by atoms with van der Waals surface area (Å²) in [5.41, 5.74) is 1.14. The number of para-hydroxylation sites is 1. The first-order chi connectivity index (χ1) is 15.1. The highest BCUT2D eigenvalue weighted by molar-refractivity contribution is 6.30. The van der Waals surface area contributed by atoms with E-state index in [1.807, 2.05) is 50.8 Å². The quantitative estimate of drug-likeness (QED) is 0.634. The summed E-state index contributed by atoms with van der Waals surface area (Å²) in [4.78, 5) is 21.4. The molecule has 1 saturated carbocycles. The van der Waals surface area contributed by atoms with Gasteiger partial charge < -0.3 is 24.0 Å². The Morgan fingerprint density at radius 2 is 1.94 bits per heavy atom. The molecule has 1 saturated heterocycles. The van der Waals surface area contributed by atoms with Crippen molar-refractivity contribution in [3.63, 3.8) is 0 Å². The van der Waals surface area contributed by atoms with Crippen molar-refractivity contribution in [2.75, 3.05) is 18.0 Å². The van der Waals surface area contributed by atoms with Gasteiger partial charge in [0.05, 0.1) is 16.8 Å². The lowest BCUT2D eigenvalue weighted by atomic mass is 9.81. The van der Waals surface area contributed by atoms with Crippen molar-refractivity contribution >= 4 is 23.4 Å². The van der Waals surface area contributed by atoms with Crippen LogP contribution in [0.25, 0.3) is 0 Å². The van der Waals surface area contributed by atoms with Crippen LogP contribution in [0.3, 0.4) is 0 Å². The molecule has 2 aliphatic heterocycles. The first-order valence-electron chi connectivity index (χ1n) is 11.0. The average molecular weight is 458 g/mol. The number of halogens is 1. The Labute approximate surface area is 193 Å². The molecule has 3 heterocycles. The lowest BCUT2D eigenvalue weighted by Gasteiger charge is -2.54. The Bertz CT molecular complexity index is 1040. The fraction of sp³-hybridized carbons (Fsp3) is 0.500. The number of benzene rings is 1. The zero-order valence-electron chi connectivity index (χ0n) is 18.8. The minimum atomic E-state index is -1.03. The van der Waals surface area contributed by atoms with E-state index in [4.69, 9.17) is 25.8 Å². The third-order valence-electron chi connectivity index (χ3n) is 6.27. The Hall–Kier alpha value is -2.67. The van der Waals surface area contributed by atoms with Crippen LogP contribution in [-0.4, -0.2) is 46.8 Å². The van der Waals surface area contributed by atoms with E-state index < -0.39 is 11.4 Å². The van der Waals surface area contributed by atoms with Crippen molar-refractivity contribution in [2.24, 2.45) is 0 Å². The number of carbonyl (C=O) groups excluding carboxylic acids is 1. The Morgan fingerprint density at radius 1 is 1.16 bits per heavy atom. The molecule has 0 spiro atoms. The molecule has 1 aromatic heterocycles. The SMILES string of the molecule is CC(C)(C)OC(=O)N1CCN(c2cccc3c2O[C@](C)(c2ccc(Cl)cn2)O3)C2CCC21. The predicted octanol–water partition coefficient (Wildman–Crippen LogP) is 4.97. The van der Waals surface area contributed by atoms with Crippen LogP contribution in [0.4, 0.5) is 10.5 Å². The fourth-order valence-corrected chi connectivity index (χ4v) is 4.78. The third kappa shape index (κ3) is 3.62. The van der Waals surface area contributed by atoms with E-state index in [0.717, 1.165) is 18.5 Å². The first-order valence-corrected chi connectivity index (χ1v) is 11.4. The molecule has 0 bridgehead atoms. The van der Waals surface area contributed by atoms with E-state index in [1.165, 1.54) is 0 Å². The maximum absolute atomic E-state index is 12.7. The Morgan fingerprint density at radius 3 is 2.59 bits per heavy atom. The molecule has 2 fully saturated rings. The van der Waals surface area contributed by atoms with Gasteiger partial charge >= 0.3 is 6.09 Å². The van der Waals surface area contributed by atoms with E-state index in [0.29, 0.717) is 35.3 Å². The zero-order chi connectivity index (χ0) is 22.7. The molecule has 1 amide bonds. The van der Waals surface area contributed by atoms with Gasteiger partial charge in [-0.1, -0.05) is 17.7 Å². The van der Waals surface area contributed by atoms with Crippen molar-refractivity contribution in [1.29, 1.82) is 0 Å². The molecule has 8 heteroatoms. The van der Waals surface area contributed by atoms with Crippen molar-refractivity contribution < 1.29 is 19.0 Å². The van der Waals surface area contributed by atoms with Gasteiger partial charge in [0.15, 0.2) is 11.5 Å². The molecular weight excluding hydrogens is 430 g/mol. The Balaban J connectivity index is 1.38. The molecule has 3 aliphatic rings. The molecule has 5 rings (SSSR count). The van der Waals surface area contributed by atoms with Gasteiger partial charge in [-0.15, -0.1) is 0 Å². The molecule has 2 unspecified atom stereocenters. The number of pyridine rings is 1. The highest BCUT2D eigenvalue weighted by Gasteiger charge is 2.48. The molecule has 2 aromatic rings. The predicted molar refractivity (Wildman–Crippen MR) is 121 cm³/mol. The summed E-state index contributed by atoms with van der Waals surface area (Å²) in [6.45, 7) is 8.87. The Kier molecular flexibility index (Phi) is 4.93. The molecule has 1 aromatic carbocycles. The number of carbonyl (C=O) groups is 1. The van der Waals surface area contributed by atoms with Gasteiger partial charge in [-0.2, -0.15) is 0 Å². The lowest BCUT2D eigenvalue weighted by molar-refractivity contribution is -0.0716. The maximum Gasteiger partial charge on any atom is 0.410 e. The number of hydrogen-bond donors (Lipinski definition) is 0. The van der Waals surface area contributed by atoms with Gasteiger partial charge in [0.25, 0.3) is 5.79 Å². The number of fused-ring (bicyclic) bond motifs is 2. The van der Waals surface area contributed by atoms with Crippen molar-refractivity contribution in [1.82, 2.24) is 9.88 Å². The fourth-order valence-electron chi connectivity index (χ4n) is 4.67. The minimum absolute atomic E-state index is 0.140. The van der Waals surface area contributed by atoms with Gasteiger partial charge in [-0.25, -0.2) is 4.79 Å². The molecule has 170 valence electrons. The van der Waals surface area contributed by atoms with Crippen LogP contribution in [-0.2, 0) is 10.5 Å². The number of amides is 1. The van der Waals surface area contributed by atoms with Crippen molar-refractivity contribution in [3.05, 3.63) is 47.2 Å². The second kappa shape index (κ2) is 7.44. The van der Waals surface area contributed by atoms with Gasteiger partial charge in [0.2, 0.25) is 0 Å². The van der Waals surface area contributed by atoms with Crippen LogP contribution in [0.15, 0.2) is 36.5 Å². The molecule has 3 atom stereocenters. The standard InChI is InChI=1S/C24H28ClN3O4/c1-23(2,3)32-22(29)28-13-12-27(16-9-10-17(16)28)18-6-5-7-19-21(18)31-24(4,30-19)20-11-8-15(25)14-26-20/h5-8,11,14,16-17H,9-10,12-13H2,1-4H3/t16?,17?,24-/m1/s1. The second-order valence-corrected chi connectivity index (χ2v) is 10.1. The van der Waals surface area contributed by atoms with Gasteiger partial charge in [0.1, 0.15) is 11.3 Å². The number of nitrogens with zero attached hydrogens (tertiary/aromatic N) is 3. The number of anilines is 1. The minimum Gasteiger partial charge on any atom is -0.444 e. The summed E-state index contributed by atoms with van der Waals surface area (Å²) < 4.78 is 18.2. The van der Waals surface area contributed by atoms with Crippen LogP contribution < -0.4 is 14.4 Å². The second-order valence-electron chi connectivity index (χ2n) is 9.70. The van der Waals surface area contributed by atoms with Crippen molar-refractivity contribution in [3.8, 4) is 11.5 Å².